The van der Waals surface area contributed by atoms with Gasteiger partial charge < -0.3 is 14.3 Å². The molecule has 0 radical (unpaired) electrons. The van der Waals surface area contributed by atoms with Crippen LogP contribution in [0.4, 0.5) is 0 Å². The molecule has 0 aliphatic heterocycles. The molecular formula is C21H17N3O3. The molecule has 1 amide bonds. The fraction of sp³-hybridized carbons (Fsp3) is 0.0952. The number of carbonyl (C=O) groups excluding carboxylic acids is 1. The lowest BCUT2D eigenvalue weighted by atomic mass is 10.1. The zero-order chi connectivity index (χ0) is 18.5. The van der Waals surface area contributed by atoms with Crippen LogP contribution in [0.3, 0.4) is 0 Å². The van der Waals surface area contributed by atoms with E-state index in [0.29, 0.717) is 18.1 Å². The second-order valence-electron chi connectivity index (χ2n) is 6.02. The molecule has 0 fully saturated rings. The Bertz CT molecular complexity index is 996. The molecule has 6 heteroatoms. The molecule has 6 nitrogen and oxygen atoms in total. The van der Waals surface area contributed by atoms with Gasteiger partial charge in [-0.2, -0.15) is 4.98 Å². The highest BCUT2D eigenvalue weighted by Crippen LogP contribution is 2.22. The summed E-state index contributed by atoms with van der Waals surface area (Å²) in [6.45, 7) is 0. The maximum atomic E-state index is 12.5. The second-order valence-corrected chi connectivity index (χ2v) is 6.02. The van der Waals surface area contributed by atoms with E-state index >= 15 is 0 Å². The first kappa shape index (κ1) is 16.8. The molecule has 0 spiro atoms. The molecule has 1 unspecified atom stereocenters. The summed E-state index contributed by atoms with van der Waals surface area (Å²) < 4.78 is 10.6. The van der Waals surface area contributed by atoms with E-state index in [4.69, 9.17) is 8.94 Å². The molecule has 0 aliphatic carbocycles. The summed E-state index contributed by atoms with van der Waals surface area (Å²) in [6, 6.07) is 22.2. The quantitative estimate of drug-likeness (QED) is 0.562. The van der Waals surface area contributed by atoms with Gasteiger partial charge in [-0.3, -0.25) is 4.79 Å². The van der Waals surface area contributed by atoms with Gasteiger partial charge in [-0.15, -0.1) is 0 Å². The smallest absolute Gasteiger partial charge is 0.287 e. The topological polar surface area (TPSA) is 81.2 Å². The summed E-state index contributed by atoms with van der Waals surface area (Å²) in [5, 5.41) is 6.98. The van der Waals surface area contributed by atoms with Gasteiger partial charge in [-0.25, -0.2) is 0 Å². The molecule has 1 N–H and O–H groups in total. The molecule has 2 aromatic carbocycles. The largest absolute Gasteiger partial charge is 0.459 e. The molecule has 0 aliphatic rings. The van der Waals surface area contributed by atoms with E-state index in [-0.39, 0.29) is 11.7 Å². The van der Waals surface area contributed by atoms with Gasteiger partial charge in [0.2, 0.25) is 11.7 Å². The highest BCUT2D eigenvalue weighted by molar-refractivity contribution is 5.91. The normalized spacial score (nSPS) is 11.9. The van der Waals surface area contributed by atoms with Crippen LogP contribution in [0.5, 0.6) is 0 Å². The lowest BCUT2D eigenvalue weighted by Crippen LogP contribution is -2.30. The van der Waals surface area contributed by atoms with Crippen molar-refractivity contribution in [2.75, 3.05) is 0 Å². The van der Waals surface area contributed by atoms with Crippen LogP contribution in [0.25, 0.3) is 11.4 Å². The Morgan fingerprint density at radius 2 is 1.70 bits per heavy atom. The Hall–Kier alpha value is -3.67. The van der Waals surface area contributed by atoms with Gasteiger partial charge in [0, 0.05) is 12.0 Å². The van der Waals surface area contributed by atoms with E-state index in [9.17, 15) is 4.79 Å². The Balaban J connectivity index is 1.61. The van der Waals surface area contributed by atoms with E-state index in [1.807, 2.05) is 60.7 Å². The Labute approximate surface area is 155 Å². The molecule has 0 saturated carbocycles. The van der Waals surface area contributed by atoms with Crippen LogP contribution in [0.2, 0.25) is 0 Å². The van der Waals surface area contributed by atoms with Crippen molar-refractivity contribution < 1.29 is 13.7 Å². The molecule has 134 valence electrons. The van der Waals surface area contributed by atoms with Crippen molar-refractivity contribution in [3.63, 3.8) is 0 Å². The van der Waals surface area contributed by atoms with Gasteiger partial charge in [0.1, 0.15) is 6.04 Å². The van der Waals surface area contributed by atoms with Crippen LogP contribution in [0.1, 0.15) is 28.1 Å². The number of carbonyl (C=O) groups is 1. The SMILES string of the molecule is O=C(NC(Cc1ccccc1)c1nc(-c2ccccc2)no1)c1ccco1. The average Bonchev–Trinajstić information content (AvgIpc) is 3.41. The summed E-state index contributed by atoms with van der Waals surface area (Å²) in [6.07, 6.45) is 1.98. The minimum atomic E-state index is -0.477. The second kappa shape index (κ2) is 7.70. The van der Waals surface area contributed by atoms with Crippen molar-refractivity contribution >= 4 is 5.91 Å². The monoisotopic (exact) mass is 359 g/mol. The van der Waals surface area contributed by atoms with Crippen molar-refractivity contribution in [3.05, 3.63) is 96.3 Å². The standard InChI is InChI=1S/C21H17N3O3/c25-20(18-12-7-13-26-18)22-17(14-15-8-3-1-4-9-15)21-23-19(24-27-21)16-10-5-2-6-11-16/h1-13,17H,14H2,(H,22,25). The van der Waals surface area contributed by atoms with Crippen LogP contribution in [0, 0.1) is 0 Å². The first-order valence-electron chi connectivity index (χ1n) is 8.57. The van der Waals surface area contributed by atoms with Gasteiger partial charge in [0.15, 0.2) is 5.76 Å². The summed E-state index contributed by atoms with van der Waals surface area (Å²) >= 11 is 0. The number of furan rings is 1. The highest BCUT2D eigenvalue weighted by atomic mass is 16.5. The Morgan fingerprint density at radius 1 is 0.963 bits per heavy atom. The van der Waals surface area contributed by atoms with Crippen molar-refractivity contribution in [1.82, 2.24) is 15.5 Å². The van der Waals surface area contributed by atoms with Crippen molar-refractivity contribution in [3.8, 4) is 11.4 Å². The first-order chi connectivity index (χ1) is 13.3. The van der Waals surface area contributed by atoms with Crippen LogP contribution in [-0.2, 0) is 6.42 Å². The van der Waals surface area contributed by atoms with Gasteiger partial charge in [-0.05, 0) is 17.7 Å². The predicted octanol–water partition coefficient (Wildman–Crippen LogP) is 4.04. The van der Waals surface area contributed by atoms with Crippen LogP contribution >= 0.6 is 0 Å². The lowest BCUT2D eigenvalue weighted by Gasteiger charge is -2.14. The number of nitrogens with zero attached hydrogens (tertiary/aromatic N) is 2. The maximum absolute atomic E-state index is 12.5. The predicted molar refractivity (Wildman–Crippen MR) is 98.8 cm³/mol. The average molecular weight is 359 g/mol. The summed E-state index contributed by atoms with van der Waals surface area (Å²) in [5.74, 6) is 0.727. The third-order valence-electron chi connectivity index (χ3n) is 4.10. The van der Waals surface area contributed by atoms with E-state index in [1.54, 1.807) is 12.1 Å². The number of hydrogen-bond donors (Lipinski definition) is 1. The van der Waals surface area contributed by atoms with Crippen LogP contribution in [0.15, 0.2) is 88.0 Å². The molecule has 2 heterocycles. The number of hydrogen-bond acceptors (Lipinski definition) is 5. The van der Waals surface area contributed by atoms with E-state index in [0.717, 1.165) is 11.1 Å². The highest BCUT2D eigenvalue weighted by Gasteiger charge is 2.23. The zero-order valence-electron chi connectivity index (χ0n) is 14.4. The lowest BCUT2D eigenvalue weighted by molar-refractivity contribution is 0.0900. The minimum Gasteiger partial charge on any atom is -0.459 e. The number of rotatable bonds is 6. The van der Waals surface area contributed by atoms with Crippen LogP contribution < -0.4 is 5.32 Å². The number of nitrogens with one attached hydrogen (secondary N) is 1. The molecular weight excluding hydrogens is 342 g/mol. The van der Waals surface area contributed by atoms with E-state index in [1.165, 1.54) is 6.26 Å². The Kier molecular flexibility index (Phi) is 4.78. The summed E-state index contributed by atoms with van der Waals surface area (Å²) in [4.78, 5) is 17.0. The third-order valence-corrected chi connectivity index (χ3v) is 4.10. The molecule has 0 bridgehead atoms. The molecule has 1 atom stereocenters. The third kappa shape index (κ3) is 3.95. The fourth-order valence-corrected chi connectivity index (χ4v) is 2.77. The molecule has 27 heavy (non-hydrogen) atoms. The molecule has 4 aromatic rings. The minimum absolute atomic E-state index is 0.232. The fourth-order valence-electron chi connectivity index (χ4n) is 2.77. The summed E-state index contributed by atoms with van der Waals surface area (Å²) in [5.41, 5.74) is 1.89. The van der Waals surface area contributed by atoms with Crippen molar-refractivity contribution in [1.29, 1.82) is 0 Å². The number of aromatic nitrogens is 2. The molecule has 0 saturated heterocycles. The zero-order valence-corrected chi connectivity index (χ0v) is 14.4. The first-order valence-corrected chi connectivity index (χ1v) is 8.57. The van der Waals surface area contributed by atoms with Gasteiger partial charge in [0.25, 0.3) is 5.91 Å². The van der Waals surface area contributed by atoms with Crippen molar-refractivity contribution in [2.45, 2.75) is 12.5 Å². The number of amides is 1. The van der Waals surface area contributed by atoms with E-state index < -0.39 is 6.04 Å². The number of benzene rings is 2. The molecule has 2 aromatic heterocycles. The van der Waals surface area contributed by atoms with E-state index in [2.05, 4.69) is 15.5 Å². The van der Waals surface area contributed by atoms with Crippen LogP contribution in [-0.4, -0.2) is 16.0 Å². The van der Waals surface area contributed by atoms with Gasteiger partial charge in [-0.1, -0.05) is 65.8 Å². The summed E-state index contributed by atoms with van der Waals surface area (Å²) in [7, 11) is 0. The van der Waals surface area contributed by atoms with Gasteiger partial charge in [0.05, 0.1) is 6.26 Å². The van der Waals surface area contributed by atoms with Crippen molar-refractivity contribution in [2.24, 2.45) is 0 Å². The maximum Gasteiger partial charge on any atom is 0.287 e. The molecule has 4 rings (SSSR count). The Morgan fingerprint density at radius 3 is 2.41 bits per heavy atom. The van der Waals surface area contributed by atoms with Gasteiger partial charge >= 0.3 is 0 Å².